The Labute approximate surface area is 149 Å². The van der Waals surface area contributed by atoms with Crippen molar-refractivity contribution in [1.29, 1.82) is 0 Å². The first-order valence-electron chi connectivity index (χ1n) is 8.38. The van der Waals surface area contributed by atoms with Gasteiger partial charge in [0.05, 0.1) is 17.3 Å². The molecule has 3 rings (SSSR count). The van der Waals surface area contributed by atoms with Crippen LogP contribution in [0.5, 0.6) is 0 Å². The van der Waals surface area contributed by atoms with Crippen molar-refractivity contribution < 1.29 is 8.42 Å². The summed E-state index contributed by atoms with van der Waals surface area (Å²) in [6.07, 6.45) is 4.13. The van der Waals surface area contributed by atoms with Gasteiger partial charge in [0.15, 0.2) is 0 Å². The lowest BCUT2D eigenvalue weighted by Crippen LogP contribution is -2.46. The lowest BCUT2D eigenvalue weighted by molar-refractivity contribution is 0.360. The lowest BCUT2D eigenvalue weighted by atomic mass is 10.0. The fraction of sp³-hybridized carbons (Fsp3) is 0.471. The first kappa shape index (κ1) is 19.4. The van der Waals surface area contributed by atoms with Gasteiger partial charge in [0, 0.05) is 26.2 Å². The van der Waals surface area contributed by atoms with Gasteiger partial charge in [-0.05, 0) is 41.3 Å². The van der Waals surface area contributed by atoms with Gasteiger partial charge < -0.3 is 5.32 Å². The van der Waals surface area contributed by atoms with E-state index in [0.29, 0.717) is 23.9 Å². The zero-order valence-corrected chi connectivity index (χ0v) is 15.5. The van der Waals surface area contributed by atoms with E-state index in [2.05, 4.69) is 34.6 Å². The van der Waals surface area contributed by atoms with Gasteiger partial charge in [0.2, 0.25) is 10.0 Å². The van der Waals surface area contributed by atoms with Crippen molar-refractivity contribution in [3.63, 3.8) is 0 Å². The van der Waals surface area contributed by atoms with Crippen LogP contribution in [-0.2, 0) is 16.4 Å². The topological polar surface area (TPSA) is 88.1 Å². The second-order valence-corrected chi connectivity index (χ2v) is 8.14. The molecule has 0 unspecified atom stereocenters. The maximum atomic E-state index is 12.4. The largest absolute Gasteiger partial charge is 0.314 e. The molecular formula is C17H25N5O2S. The minimum absolute atomic E-state index is 0.405. The number of hydrogen-bond donors (Lipinski definition) is 1. The average Bonchev–Trinajstić information content (AvgIpc) is 2.64. The van der Waals surface area contributed by atoms with Crippen LogP contribution < -0.4 is 5.32 Å². The molecular weight excluding hydrogens is 338 g/mol. The summed E-state index contributed by atoms with van der Waals surface area (Å²) in [5.74, 6) is 0.579. The van der Waals surface area contributed by atoms with E-state index in [1.807, 2.05) is 12.1 Å². The van der Waals surface area contributed by atoms with Crippen LogP contribution in [0.4, 0.5) is 0 Å². The predicted molar refractivity (Wildman–Crippen MR) is 96.4 cm³/mol. The Morgan fingerprint density at radius 3 is 2.12 bits per heavy atom. The molecule has 136 valence electrons. The Kier molecular flexibility index (Phi) is 7.42. The fourth-order valence-electron chi connectivity index (χ4n) is 2.51. The van der Waals surface area contributed by atoms with Gasteiger partial charge >= 0.3 is 0 Å². The highest BCUT2D eigenvalue weighted by Gasteiger charge is 2.25. The van der Waals surface area contributed by atoms with Gasteiger partial charge in [0.1, 0.15) is 0 Å². The van der Waals surface area contributed by atoms with Crippen molar-refractivity contribution in [1.82, 2.24) is 25.0 Å². The van der Waals surface area contributed by atoms with Crippen molar-refractivity contribution in [3.8, 4) is 0 Å². The van der Waals surface area contributed by atoms with Crippen molar-refractivity contribution in [2.24, 2.45) is 5.92 Å². The molecule has 0 aliphatic carbocycles. The summed E-state index contributed by atoms with van der Waals surface area (Å²) in [6, 6.07) is 9.03. The Balaban J connectivity index is 0.000000316. The van der Waals surface area contributed by atoms with Crippen molar-refractivity contribution >= 4 is 10.0 Å². The highest BCUT2D eigenvalue weighted by Crippen LogP contribution is 2.18. The molecule has 1 fully saturated rings. The maximum absolute atomic E-state index is 12.4. The van der Waals surface area contributed by atoms with Crippen molar-refractivity contribution in [3.05, 3.63) is 48.3 Å². The average molecular weight is 363 g/mol. The lowest BCUT2D eigenvalue weighted by Gasteiger charge is -2.26. The van der Waals surface area contributed by atoms with E-state index in [0.717, 1.165) is 19.5 Å². The molecule has 0 saturated carbocycles. The van der Waals surface area contributed by atoms with E-state index in [-0.39, 0.29) is 0 Å². The van der Waals surface area contributed by atoms with Crippen molar-refractivity contribution in [2.45, 2.75) is 25.2 Å². The van der Waals surface area contributed by atoms with Gasteiger partial charge in [0.25, 0.3) is 0 Å². The third-order valence-electron chi connectivity index (χ3n) is 3.69. The highest BCUT2D eigenvalue weighted by molar-refractivity contribution is 7.89. The Morgan fingerprint density at radius 1 is 1.08 bits per heavy atom. The molecule has 1 aromatic carbocycles. The Hall–Kier alpha value is -1.90. The number of sulfonamides is 1. The standard InChI is InChI=1S/C14H22N2O2S.C3H3N3/c1-12(2)11-13-3-5-14(6-4-13)19(17,18)16-9-7-15-8-10-16;1-2-4-6-5-3-1/h3-6,12,15H,7-11H2,1-2H3;1-3H. The van der Waals surface area contributed by atoms with E-state index in [1.54, 1.807) is 34.9 Å². The second-order valence-electron chi connectivity index (χ2n) is 6.21. The molecule has 1 N–H and O–H groups in total. The number of hydrogen-bond acceptors (Lipinski definition) is 6. The van der Waals surface area contributed by atoms with Crippen LogP contribution in [0.3, 0.4) is 0 Å². The van der Waals surface area contributed by atoms with Crippen LogP contribution in [0.2, 0.25) is 0 Å². The predicted octanol–water partition coefficient (Wildman–Crippen LogP) is 1.35. The first-order valence-corrected chi connectivity index (χ1v) is 9.82. The van der Waals surface area contributed by atoms with Crippen LogP contribution in [0, 0.1) is 5.92 Å². The number of piperazine rings is 1. The number of nitrogens with one attached hydrogen (secondary N) is 1. The van der Waals surface area contributed by atoms with Crippen LogP contribution in [0.15, 0.2) is 47.6 Å². The Morgan fingerprint density at radius 2 is 1.68 bits per heavy atom. The third kappa shape index (κ3) is 6.15. The van der Waals surface area contributed by atoms with E-state index in [9.17, 15) is 8.42 Å². The van der Waals surface area contributed by atoms with Gasteiger partial charge in [-0.3, -0.25) is 0 Å². The normalized spacial score (nSPS) is 15.5. The van der Waals surface area contributed by atoms with Crippen LogP contribution in [-0.4, -0.2) is 54.3 Å². The van der Waals surface area contributed by atoms with Crippen LogP contribution in [0.1, 0.15) is 19.4 Å². The summed E-state index contributed by atoms with van der Waals surface area (Å²) < 4.78 is 26.4. The van der Waals surface area contributed by atoms with Gasteiger partial charge in [-0.15, -0.1) is 10.2 Å². The minimum Gasteiger partial charge on any atom is -0.314 e. The van der Waals surface area contributed by atoms with Gasteiger partial charge in [-0.25, -0.2) is 8.42 Å². The summed E-state index contributed by atoms with van der Waals surface area (Å²) in [6.45, 7) is 6.87. The van der Waals surface area contributed by atoms with E-state index < -0.39 is 10.0 Å². The van der Waals surface area contributed by atoms with Crippen LogP contribution >= 0.6 is 0 Å². The molecule has 25 heavy (non-hydrogen) atoms. The van der Waals surface area contributed by atoms with Gasteiger partial charge in [-0.1, -0.05) is 26.0 Å². The first-order chi connectivity index (χ1) is 12.0. The van der Waals surface area contributed by atoms with Crippen molar-refractivity contribution in [2.75, 3.05) is 26.2 Å². The Bertz CT molecular complexity index is 688. The monoisotopic (exact) mass is 363 g/mol. The molecule has 1 aliphatic rings. The van der Waals surface area contributed by atoms with E-state index in [1.165, 1.54) is 5.56 Å². The highest BCUT2D eigenvalue weighted by atomic mass is 32.2. The molecule has 1 aromatic heterocycles. The second kappa shape index (κ2) is 9.55. The van der Waals surface area contributed by atoms with E-state index >= 15 is 0 Å². The molecule has 1 saturated heterocycles. The zero-order valence-electron chi connectivity index (χ0n) is 14.7. The maximum Gasteiger partial charge on any atom is 0.243 e. The molecule has 2 heterocycles. The molecule has 1 aliphatic heterocycles. The molecule has 0 amide bonds. The van der Waals surface area contributed by atoms with Gasteiger partial charge in [-0.2, -0.15) is 4.31 Å². The SMILES string of the molecule is CC(C)Cc1ccc(S(=O)(=O)N2CCNCC2)cc1.c1cnnnc1. The minimum atomic E-state index is -3.31. The summed E-state index contributed by atoms with van der Waals surface area (Å²) in [7, 11) is -3.31. The summed E-state index contributed by atoms with van der Waals surface area (Å²) in [4.78, 5) is 0.405. The molecule has 7 nitrogen and oxygen atoms in total. The van der Waals surface area contributed by atoms with E-state index in [4.69, 9.17) is 0 Å². The third-order valence-corrected chi connectivity index (χ3v) is 5.60. The summed E-state index contributed by atoms with van der Waals surface area (Å²) in [5, 5.41) is 13.3. The molecule has 8 heteroatoms. The molecule has 2 aromatic rings. The van der Waals surface area contributed by atoms with Crippen LogP contribution in [0.25, 0.3) is 0 Å². The number of nitrogens with zero attached hydrogens (tertiary/aromatic N) is 4. The molecule has 0 atom stereocenters. The summed E-state index contributed by atoms with van der Waals surface area (Å²) in [5.41, 5.74) is 1.19. The molecule has 0 spiro atoms. The number of rotatable bonds is 4. The number of aromatic nitrogens is 3. The molecule has 0 radical (unpaired) electrons. The summed E-state index contributed by atoms with van der Waals surface area (Å²) >= 11 is 0. The zero-order chi connectivity index (χ0) is 18.1. The number of benzene rings is 1. The molecule has 0 bridgehead atoms. The fourth-order valence-corrected chi connectivity index (χ4v) is 3.95. The smallest absolute Gasteiger partial charge is 0.243 e. The quantitative estimate of drug-likeness (QED) is 0.882.